The first-order chi connectivity index (χ1) is 39.5. The Kier molecular flexibility index (Phi) is 24.6. The number of aromatic nitrogens is 10. The maximum Gasteiger partial charge on any atom is 1.00 e. The zero-order valence-electron chi connectivity index (χ0n) is 44.8. The molecule has 0 aliphatic heterocycles. The Morgan fingerprint density at radius 2 is 0.369 bits per heavy atom. The molecule has 10 aromatic heterocycles. The Balaban J connectivity index is 0.000000259. The first-order valence-electron chi connectivity index (χ1n) is 24.7. The third kappa shape index (κ3) is 15.6. The Morgan fingerprint density at radius 1 is 0.238 bits per heavy atom. The van der Waals surface area contributed by atoms with Crippen molar-refractivity contribution in [2.75, 3.05) is 28.4 Å². The van der Waals surface area contributed by atoms with E-state index in [4.69, 9.17) is 28.9 Å². The molecule has 0 unspecified atom stereocenters. The number of hydrogen-bond donors (Lipinski definition) is 0. The fraction of sp³-hybridized carbons (Fsp3) is 0.138. The molecule has 440 valence electrons. The molecule has 0 atom stereocenters. The maximum absolute atomic E-state index is 9.75. The molecule has 26 heteroatoms. The molecular formula is C58H50Ag2B2F8N10O4. The molecule has 0 amide bonds. The van der Waals surface area contributed by atoms with E-state index in [-0.39, 0.29) is 44.8 Å². The van der Waals surface area contributed by atoms with Gasteiger partial charge in [0.15, 0.2) is 22.4 Å². The van der Waals surface area contributed by atoms with Gasteiger partial charge >= 0.3 is 59.3 Å². The number of rotatable bonds is 16. The quantitative estimate of drug-likeness (QED) is 0.0662. The minimum Gasteiger partial charge on any atom is -0.418 e. The smallest absolute Gasteiger partial charge is 0.418 e. The van der Waals surface area contributed by atoms with Gasteiger partial charge in [0.05, 0.1) is 68.3 Å². The van der Waals surface area contributed by atoms with E-state index < -0.39 is 36.9 Å². The number of halogens is 8. The molecule has 14 nitrogen and oxygen atoms in total. The molecule has 84 heavy (non-hydrogen) atoms. The van der Waals surface area contributed by atoms with Gasteiger partial charge in [-0.2, -0.15) is 0 Å². The molecule has 0 radical (unpaired) electrons. The van der Waals surface area contributed by atoms with Gasteiger partial charge in [0.25, 0.3) is 0 Å². The van der Waals surface area contributed by atoms with Crippen LogP contribution in [0.5, 0.6) is 0 Å². The Morgan fingerprint density at radius 3 is 0.476 bits per heavy atom. The van der Waals surface area contributed by atoms with Crippen molar-refractivity contribution >= 4 is 14.5 Å². The third-order valence-electron chi connectivity index (χ3n) is 12.4. The first kappa shape index (κ1) is 67.2. The van der Waals surface area contributed by atoms with Gasteiger partial charge in [-0.15, -0.1) is 0 Å². The van der Waals surface area contributed by atoms with E-state index in [2.05, 4.69) is 39.9 Å². The summed E-state index contributed by atoms with van der Waals surface area (Å²) in [5.74, 6) is 0. The average molecular weight is 1340 g/mol. The normalized spacial score (nSPS) is 11.6. The molecule has 0 N–H and O–H groups in total. The SMILES string of the molecule is COC(c1ccccn1)(c1ccccn1)c1cccc(C(OC)(c2ccccn2)c2ccccn2)n1.COC(c1ccccn1)(c1ccccn1)c1cccc(C(OC)(c2ccccn2)c2ccccn2)n1.F[B-](F)(F)F.F[B-](F)(F)F.[Ag+].[Ag+]. The first-order valence-corrected chi connectivity index (χ1v) is 24.7. The van der Waals surface area contributed by atoms with E-state index in [0.29, 0.717) is 68.3 Å². The van der Waals surface area contributed by atoms with Crippen molar-refractivity contribution < 1.29 is 98.2 Å². The predicted octanol–water partition coefficient (Wildman–Crippen LogP) is 11.7. The average Bonchev–Trinajstić information content (AvgIpc) is 3.58. The summed E-state index contributed by atoms with van der Waals surface area (Å²) in [6, 6.07) is 57.1. The van der Waals surface area contributed by atoms with Crippen molar-refractivity contribution in [3.63, 3.8) is 0 Å². The van der Waals surface area contributed by atoms with Crippen LogP contribution in [0.15, 0.2) is 232 Å². The van der Waals surface area contributed by atoms with E-state index in [1.165, 1.54) is 0 Å². The molecule has 0 saturated carbocycles. The van der Waals surface area contributed by atoms with Crippen LogP contribution < -0.4 is 0 Å². The van der Waals surface area contributed by atoms with Gasteiger partial charge in [-0.25, -0.2) is 9.97 Å². The largest absolute Gasteiger partial charge is 1.00 e. The summed E-state index contributed by atoms with van der Waals surface area (Å²) in [6.45, 7) is 0. The summed E-state index contributed by atoms with van der Waals surface area (Å²) >= 11 is 0. The second-order valence-corrected chi connectivity index (χ2v) is 17.1. The number of pyridine rings is 10. The molecule has 10 aromatic rings. The fourth-order valence-electron chi connectivity index (χ4n) is 9.05. The van der Waals surface area contributed by atoms with Crippen LogP contribution in [0.25, 0.3) is 0 Å². The van der Waals surface area contributed by atoms with Crippen LogP contribution in [-0.4, -0.2) is 92.8 Å². The van der Waals surface area contributed by atoms with Crippen molar-refractivity contribution in [2.45, 2.75) is 22.4 Å². The zero-order valence-corrected chi connectivity index (χ0v) is 47.8. The molecule has 0 bridgehead atoms. The topological polar surface area (TPSA) is 166 Å². The van der Waals surface area contributed by atoms with Crippen molar-refractivity contribution in [1.29, 1.82) is 0 Å². The second-order valence-electron chi connectivity index (χ2n) is 17.1. The molecular weight excluding hydrogens is 1290 g/mol. The molecule has 0 aliphatic carbocycles. The van der Waals surface area contributed by atoms with Gasteiger partial charge in [-0.1, -0.05) is 60.7 Å². The minimum atomic E-state index is -6.00. The monoisotopic (exact) mass is 1340 g/mol. The van der Waals surface area contributed by atoms with Gasteiger partial charge in [0.1, 0.15) is 0 Å². The van der Waals surface area contributed by atoms with E-state index in [0.717, 1.165) is 0 Å². The van der Waals surface area contributed by atoms with Crippen LogP contribution in [-0.2, 0) is 86.1 Å². The predicted molar refractivity (Wildman–Crippen MR) is 290 cm³/mol. The summed E-state index contributed by atoms with van der Waals surface area (Å²) in [5.41, 5.74) is 3.07. The Bertz CT molecular complexity index is 2900. The zero-order chi connectivity index (χ0) is 58.7. The van der Waals surface area contributed by atoms with E-state index >= 15 is 0 Å². The van der Waals surface area contributed by atoms with Crippen LogP contribution in [0, 0.1) is 0 Å². The Hall–Kier alpha value is -7.61. The van der Waals surface area contributed by atoms with Gasteiger partial charge in [0.2, 0.25) is 0 Å². The number of ether oxygens (including phenoxy) is 4. The van der Waals surface area contributed by atoms with Crippen LogP contribution in [0.3, 0.4) is 0 Å². The van der Waals surface area contributed by atoms with Crippen molar-refractivity contribution in [3.05, 3.63) is 300 Å². The maximum atomic E-state index is 9.75. The molecule has 0 aromatic carbocycles. The minimum absolute atomic E-state index is 0. The summed E-state index contributed by atoms with van der Waals surface area (Å²) in [5, 5.41) is 0. The fourth-order valence-corrected chi connectivity index (χ4v) is 9.05. The third-order valence-corrected chi connectivity index (χ3v) is 12.4. The molecule has 10 heterocycles. The van der Waals surface area contributed by atoms with Gasteiger partial charge in [-0.3, -0.25) is 39.9 Å². The van der Waals surface area contributed by atoms with Gasteiger partial charge < -0.3 is 53.5 Å². The van der Waals surface area contributed by atoms with E-state index in [1.807, 2.05) is 182 Å². The van der Waals surface area contributed by atoms with Crippen LogP contribution in [0.2, 0.25) is 0 Å². The Labute approximate surface area is 510 Å². The molecule has 0 spiro atoms. The molecule has 0 fully saturated rings. The van der Waals surface area contributed by atoms with E-state index in [1.54, 1.807) is 78.0 Å². The molecule has 0 saturated heterocycles. The summed E-state index contributed by atoms with van der Waals surface area (Å²) in [7, 11) is -5.45. The summed E-state index contributed by atoms with van der Waals surface area (Å²) in [4.78, 5) is 47.4. The van der Waals surface area contributed by atoms with Crippen molar-refractivity contribution in [2.24, 2.45) is 0 Å². The second kappa shape index (κ2) is 30.8. The van der Waals surface area contributed by atoms with Crippen LogP contribution in [0.4, 0.5) is 34.5 Å². The van der Waals surface area contributed by atoms with E-state index in [9.17, 15) is 34.5 Å². The van der Waals surface area contributed by atoms with Crippen LogP contribution in [0.1, 0.15) is 68.3 Å². The van der Waals surface area contributed by atoms with Crippen LogP contribution >= 0.6 is 0 Å². The van der Waals surface area contributed by atoms with Gasteiger partial charge in [-0.05, 0) is 121 Å². The summed E-state index contributed by atoms with van der Waals surface area (Å²) in [6.07, 6.45) is 13.9. The standard InChI is InChI=1S/2C29H25N5O2.2Ag.2BF4/c2*1-35-28(22-12-3-7-18-30-22,23-13-4-8-19-31-23)26-16-11-17-27(34-26)29(36-2,24-14-5-9-20-32-24)25-15-6-10-21-33-25;;;2*2-1(3,4)5/h2*3-21H,1-2H3;;;;/q;;2*+1;2*-1. The van der Waals surface area contributed by atoms with Crippen molar-refractivity contribution in [3.8, 4) is 0 Å². The number of hydrogen-bond acceptors (Lipinski definition) is 14. The molecule has 10 rings (SSSR count). The number of nitrogens with zero attached hydrogens (tertiary/aromatic N) is 10. The number of methoxy groups -OCH3 is 4. The van der Waals surface area contributed by atoms with Gasteiger partial charge in [0, 0.05) is 78.0 Å². The molecule has 0 aliphatic rings. The van der Waals surface area contributed by atoms with Crippen molar-refractivity contribution in [1.82, 2.24) is 49.8 Å². The summed E-state index contributed by atoms with van der Waals surface area (Å²) < 4.78 is 103.